The van der Waals surface area contributed by atoms with Crippen LogP contribution in [0.3, 0.4) is 0 Å². The van der Waals surface area contributed by atoms with Crippen molar-refractivity contribution >= 4 is 15.7 Å². The van der Waals surface area contributed by atoms with Gasteiger partial charge in [-0.3, -0.25) is 4.79 Å². The minimum Gasteiger partial charge on any atom is -0.493 e. The molecule has 2 rings (SSSR count). The van der Waals surface area contributed by atoms with Crippen LogP contribution < -0.4 is 9.47 Å². The number of rotatable bonds is 8. The Morgan fingerprint density at radius 1 is 1.24 bits per heavy atom. The van der Waals surface area contributed by atoms with Crippen molar-refractivity contribution in [2.75, 3.05) is 25.7 Å². The standard InChI is InChI=1S/C18H27NO5S/c1-4-5-6-18(20)19(15-9-10-25(21,22)13-15)12-14-7-8-16(23-2)17(11-14)24-3/h7-8,11,15H,4-6,9-10,12-13H2,1-3H3/t15-/m1/s1. The minimum atomic E-state index is -3.05. The van der Waals surface area contributed by atoms with E-state index in [1.165, 1.54) is 0 Å². The van der Waals surface area contributed by atoms with Crippen molar-refractivity contribution in [2.24, 2.45) is 0 Å². The zero-order valence-corrected chi connectivity index (χ0v) is 16.0. The molecule has 1 aromatic carbocycles. The van der Waals surface area contributed by atoms with E-state index < -0.39 is 9.84 Å². The van der Waals surface area contributed by atoms with Gasteiger partial charge < -0.3 is 14.4 Å². The summed E-state index contributed by atoms with van der Waals surface area (Å²) in [4.78, 5) is 14.4. The molecule has 0 unspecified atom stereocenters. The van der Waals surface area contributed by atoms with E-state index in [0.29, 0.717) is 30.9 Å². The molecular weight excluding hydrogens is 342 g/mol. The normalized spacial score (nSPS) is 18.8. The zero-order valence-electron chi connectivity index (χ0n) is 15.2. The molecule has 1 atom stereocenters. The number of sulfone groups is 1. The van der Waals surface area contributed by atoms with Gasteiger partial charge in [-0.2, -0.15) is 0 Å². The van der Waals surface area contributed by atoms with Gasteiger partial charge in [-0.05, 0) is 30.5 Å². The Hall–Kier alpha value is -1.76. The summed E-state index contributed by atoms with van der Waals surface area (Å²) in [5, 5.41) is 0. The van der Waals surface area contributed by atoms with Crippen molar-refractivity contribution in [1.82, 2.24) is 4.90 Å². The first-order chi connectivity index (χ1) is 11.9. The number of hydrogen-bond acceptors (Lipinski definition) is 5. The highest BCUT2D eigenvalue weighted by Crippen LogP contribution is 2.29. The molecule has 1 aliphatic heterocycles. The number of unbranched alkanes of at least 4 members (excludes halogenated alkanes) is 1. The SMILES string of the molecule is CCCCC(=O)N(Cc1ccc(OC)c(OC)c1)[C@@H]1CCS(=O)(=O)C1. The second-order valence-corrected chi connectivity index (χ2v) is 8.60. The first kappa shape index (κ1) is 19.6. The predicted octanol–water partition coefficient (Wildman–Crippen LogP) is 2.41. The van der Waals surface area contributed by atoms with Crippen LogP contribution in [0.5, 0.6) is 11.5 Å². The minimum absolute atomic E-state index is 0.0127. The maximum Gasteiger partial charge on any atom is 0.223 e. The Balaban J connectivity index is 2.22. The van der Waals surface area contributed by atoms with Crippen molar-refractivity contribution in [1.29, 1.82) is 0 Å². The highest BCUT2D eigenvalue weighted by Gasteiger charge is 2.34. The van der Waals surface area contributed by atoms with Gasteiger partial charge >= 0.3 is 0 Å². The van der Waals surface area contributed by atoms with E-state index in [9.17, 15) is 13.2 Å². The van der Waals surface area contributed by atoms with Crippen LogP contribution in [-0.2, 0) is 21.2 Å². The van der Waals surface area contributed by atoms with Crippen molar-refractivity contribution in [2.45, 2.75) is 45.2 Å². The van der Waals surface area contributed by atoms with E-state index in [-0.39, 0.29) is 23.5 Å². The largest absolute Gasteiger partial charge is 0.493 e. The Morgan fingerprint density at radius 2 is 1.96 bits per heavy atom. The van der Waals surface area contributed by atoms with Crippen LogP contribution in [0.25, 0.3) is 0 Å². The van der Waals surface area contributed by atoms with Crippen molar-refractivity contribution < 1.29 is 22.7 Å². The smallest absolute Gasteiger partial charge is 0.223 e. The number of ether oxygens (including phenoxy) is 2. The third-order valence-corrected chi connectivity index (χ3v) is 6.26. The van der Waals surface area contributed by atoms with Gasteiger partial charge in [0.25, 0.3) is 0 Å². The monoisotopic (exact) mass is 369 g/mol. The molecule has 0 aliphatic carbocycles. The molecule has 140 valence electrons. The molecule has 0 bridgehead atoms. The lowest BCUT2D eigenvalue weighted by molar-refractivity contribution is -0.133. The van der Waals surface area contributed by atoms with E-state index in [1.807, 2.05) is 19.1 Å². The third-order valence-electron chi connectivity index (χ3n) is 4.51. The first-order valence-electron chi connectivity index (χ1n) is 8.61. The number of benzene rings is 1. The van der Waals surface area contributed by atoms with E-state index in [0.717, 1.165) is 18.4 Å². The topological polar surface area (TPSA) is 72.9 Å². The number of carbonyl (C=O) groups excluding carboxylic acids is 1. The van der Waals surface area contributed by atoms with Gasteiger partial charge in [0.2, 0.25) is 5.91 Å². The molecule has 1 aliphatic rings. The van der Waals surface area contributed by atoms with Gasteiger partial charge in [-0.25, -0.2) is 8.42 Å². The molecular formula is C18H27NO5S. The summed E-state index contributed by atoms with van der Waals surface area (Å²) in [6, 6.07) is 5.27. The average Bonchev–Trinajstić information content (AvgIpc) is 2.96. The predicted molar refractivity (Wildman–Crippen MR) is 96.7 cm³/mol. The van der Waals surface area contributed by atoms with E-state index in [4.69, 9.17) is 9.47 Å². The zero-order chi connectivity index (χ0) is 18.4. The molecule has 1 heterocycles. The number of methoxy groups -OCH3 is 2. The summed E-state index contributed by atoms with van der Waals surface area (Å²) in [7, 11) is 0.0869. The van der Waals surface area contributed by atoms with Crippen LogP contribution in [0.15, 0.2) is 18.2 Å². The molecule has 0 saturated carbocycles. The summed E-state index contributed by atoms with van der Waals surface area (Å²) in [5.41, 5.74) is 0.895. The lowest BCUT2D eigenvalue weighted by atomic mass is 10.1. The molecule has 1 aromatic rings. The van der Waals surface area contributed by atoms with Crippen LogP contribution in [0.2, 0.25) is 0 Å². The van der Waals surface area contributed by atoms with Crippen LogP contribution in [0.1, 0.15) is 38.2 Å². The number of amides is 1. The Labute approximate surface area is 150 Å². The van der Waals surface area contributed by atoms with Crippen LogP contribution in [-0.4, -0.2) is 51.0 Å². The lowest BCUT2D eigenvalue weighted by Gasteiger charge is -2.29. The molecule has 7 heteroatoms. The highest BCUT2D eigenvalue weighted by molar-refractivity contribution is 7.91. The average molecular weight is 369 g/mol. The summed E-state index contributed by atoms with van der Waals surface area (Å²) in [6.07, 6.45) is 2.69. The van der Waals surface area contributed by atoms with Gasteiger partial charge in [0, 0.05) is 19.0 Å². The van der Waals surface area contributed by atoms with Gasteiger partial charge in [-0.15, -0.1) is 0 Å². The van der Waals surface area contributed by atoms with Crippen LogP contribution >= 0.6 is 0 Å². The molecule has 1 amide bonds. The molecule has 0 N–H and O–H groups in total. The maximum absolute atomic E-state index is 12.7. The number of carbonyl (C=O) groups is 1. The van der Waals surface area contributed by atoms with Gasteiger partial charge in [-0.1, -0.05) is 19.4 Å². The Bertz CT molecular complexity index is 701. The van der Waals surface area contributed by atoms with E-state index in [2.05, 4.69) is 0 Å². The summed E-state index contributed by atoms with van der Waals surface area (Å²) < 4.78 is 34.2. The fourth-order valence-corrected chi connectivity index (χ4v) is 4.82. The summed E-state index contributed by atoms with van der Waals surface area (Å²) in [5.74, 6) is 1.44. The van der Waals surface area contributed by atoms with E-state index in [1.54, 1.807) is 25.2 Å². The molecule has 0 radical (unpaired) electrons. The molecule has 0 spiro atoms. The molecule has 1 fully saturated rings. The maximum atomic E-state index is 12.7. The quantitative estimate of drug-likeness (QED) is 0.704. The van der Waals surface area contributed by atoms with Crippen molar-refractivity contribution in [3.05, 3.63) is 23.8 Å². The third kappa shape index (κ3) is 5.11. The van der Waals surface area contributed by atoms with Gasteiger partial charge in [0.1, 0.15) is 0 Å². The van der Waals surface area contributed by atoms with Gasteiger partial charge in [0.15, 0.2) is 21.3 Å². The highest BCUT2D eigenvalue weighted by atomic mass is 32.2. The second-order valence-electron chi connectivity index (χ2n) is 6.37. The molecule has 1 saturated heterocycles. The lowest BCUT2D eigenvalue weighted by Crippen LogP contribution is -2.40. The van der Waals surface area contributed by atoms with Crippen LogP contribution in [0, 0.1) is 0 Å². The van der Waals surface area contributed by atoms with Crippen LogP contribution in [0.4, 0.5) is 0 Å². The fraction of sp³-hybridized carbons (Fsp3) is 0.611. The molecule has 6 nitrogen and oxygen atoms in total. The first-order valence-corrected chi connectivity index (χ1v) is 10.4. The Morgan fingerprint density at radius 3 is 2.52 bits per heavy atom. The fourth-order valence-electron chi connectivity index (χ4n) is 3.09. The number of nitrogens with zero attached hydrogens (tertiary/aromatic N) is 1. The molecule has 0 aromatic heterocycles. The van der Waals surface area contributed by atoms with Crippen molar-refractivity contribution in [3.8, 4) is 11.5 Å². The summed E-state index contributed by atoms with van der Waals surface area (Å²) >= 11 is 0. The van der Waals surface area contributed by atoms with Gasteiger partial charge in [0.05, 0.1) is 25.7 Å². The van der Waals surface area contributed by atoms with E-state index >= 15 is 0 Å². The molecule has 25 heavy (non-hydrogen) atoms. The second kappa shape index (κ2) is 8.56. The summed E-state index contributed by atoms with van der Waals surface area (Å²) in [6.45, 7) is 2.41. The number of hydrogen-bond donors (Lipinski definition) is 0. The Kier molecular flexibility index (Phi) is 6.70. The van der Waals surface area contributed by atoms with Crippen molar-refractivity contribution in [3.63, 3.8) is 0 Å².